The molecule has 0 amide bonds. The second kappa shape index (κ2) is 7.32. The quantitative estimate of drug-likeness (QED) is 0.761. The zero-order valence-electron chi connectivity index (χ0n) is 17.6. The molecule has 1 aromatic carbocycles. The Hall–Kier alpha value is -3.06. The van der Waals surface area contributed by atoms with Crippen LogP contribution >= 0.6 is 0 Å². The number of ether oxygens (including phenoxy) is 1. The minimum absolute atomic E-state index is 0.296. The number of nitrogens with zero attached hydrogens (tertiary/aromatic N) is 3. The maximum atomic E-state index is 12.9. The highest BCUT2D eigenvalue weighted by molar-refractivity contribution is 6.04. The molecule has 7 heteroatoms. The van der Waals surface area contributed by atoms with Gasteiger partial charge in [-0.25, -0.2) is 9.78 Å². The van der Waals surface area contributed by atoms with Crippen molar-refractivity contribution in [3.63, 3.8) is 0 Å². The van der Waals surface area contributed by atoms with Crippen LogP contribution < -0.4 is 20.4 Å². The number of aromatic nitrogens is 1. The molecule has 4 heterocycles. The van der Waals surface area contributed by atoms with Gasteiger partial charge in [0.25, 0.3) is 0 Å². The van der Waals surface area contributed by atoms with E-state index in [1.807, 2.05) is 37.4 Å². The van der Waals surface area contributed by atoms with Crippen LogP contribution in [0.1, 0.15) is 26.3 Å². The molecule has 3 aliphatic rings. The number of carbonyl (C=O) groups is 1. The second-order valence-corrected chi connectivity index (χ2v) is 8.20. The molecule has 1 fully saturated rings. The molecule has 0 aliphatic carbocycles. The van der Waals surface area contributed by atoms with E-state index in [-0.39, 0.29) is 12.1 Å². The van der Waals surface area contributed by atoms with E-state index in [1.165, 1.54) is 0 Å². The smallest absolute Gasteiger partial charge is 0.338 e. The fourth-order valence-electron chi connectivity index (χ4n) is 4.81. The molecule has 30 heavy (non-hydrogen) atoms. The van der Waals surface area contributed by atoms with Crippen LogP contribution in [0.15, 0.2) is 42.1 Å². The number of pyridine rings is 1. The van der Waals surface area contributed by atoms with Gasteiger partial charge in [-0.15, -0.1) is 0 Å². The third kappa shape index (κ3) is 3.01. The van der Waals surface area contributed by atoms with Crippen molar-refractivity contribution in [1.82, 2.24) is 10.3 Å². The summed E-state index contributed by atoms with van der Waals surface area (Å²) in [4.78, 5) is 22.1. The van der Waals surface area contributed by atoms with Crippen LogP contribution in [0.5, 0.6) is 0 Å². The van der Waals surface area contributed by atoms with Crippen molar-refractivity contribution < 1.29 is 9.53 Å². The highest BCUT2D eigenvalue weighted by Gasteiger charge is 2.41. The number of rotatable bonds is 3. The molecule has 0 spiro atoms. The molecule has 1 saturated heterocycles. The minimum atomic E-state index is -0.322. The standard InChI is InChI=1S/C23H27N5O2/c1-4-30-23(29)17-11-16-19(27-12-14(2)25-15(3)13-27)9-10-24-21(16)28-20-8-6-5-7-18(20)26-22(17)28/h5-11,14-15,22,25-26H,4,12-13H2,1-3H3/t14-,15?,22?/m1/s1. The first-order valence-corrected chi connectivity index (χ1v) is 10.6. The topological polar surface area (TPSA) is 69.7 Å². The van der Waals surface area contributed by atoms with Gasteiger partial charge < -0.3 is 20.3 Å². The van der Waals surface area contributed by atoms with Gasteiger partial charge in [0.15, 0.2) is 0 Å². The van der Waals surface area contributed by atoms with Crippen molar-refractivity contribution in [2.24, 2.45) is 0 Å². The summed E-state index contributed by atoms with van der Waals surface area (Å²) >= 11 is 0. The Bertz CT molecular complexity index is 1010. The summed E-state index contributed by atoms with van der Waals surface area (Å²) in [5.41, 5.74) is 4.68. The van der Waals surface area contributed by atoms with Crippen molar-refractivity contribution in [2.45, 2.75) is 39.0 Å². The number of benzene rings is 1. The van der Waals surface area contributed by atoms with E-state index in [0.717, 1.165) is 41.5 Å². The van der Waals surface area contributed by atoms with Gasteiger partial charge in [0.1, 0.15) is 12.0 Å². The van der Waals surface area contributed by atoms with Gasteiger partial charge in [-0.3, -0.25) is 4.90 Å². The van der Waals surface area contributed by atoms with E-state index in [1.54, 1.807) is 0 Å². The number of anilines is 4. The minimum Gasteiger partial charge on any atom is -0.463 e. The number of piperazine rings is 1. The molecule has 0 saturated carbocycles. The molecule has 3 atom stereocenters. The lowest BCUT2D eigenvalue weighted by atomic mass is 10.00. The average Bonchev–Trinajstić information content (AvgIpc) is 3.12. The van der Waals surface area contributed by atoms with Crippen molar-refractivity contribution in [2.75, 3.05) is 34.8 Å². The first-order valence-electron chi connectivity index (χ1n) is 10.6. The monoisotopic (exact) mass is 405 g/mol. The van der Waals surface area contributed by atoms with Gasteiger partial charge in [-0.2, -0.15) is 0 Å². The lowest BCUT2D eigenvalue weighted by Gasteiger charge is -2.40. The van der Waals surface area contributed by atoms with E-state index in [0.29, 0.717) is 24.3 Å². The molecule has 3 aliphatic heterocycles. The first kappa shape index (κ1) is 18.9. The predicted molar refractivity (Wildman–Crippen MR) is 119 cm³/mol. The van der Waals surface area contributed by atoms with E-state index in [4.69, 9.17) is 9.72 Å². The molecule has 0 radical (unpaired) electrons. The zero-order chi connectivity index (χ0) is 20.8. The number of hydrogen-bond donors (Lipinski definition) is 2. The Morgan fingerprint density at radius 1 is 1.17 bits per heavy atom. The van der Waals surface area contributed by atoms with Gasteiger partial charge in [-0.05, 0) is 45.0 Å². The Balaban J connectivity index is 1.66. The zero-order valence-corrected chi connectivity index (χ0v) is 17.6. The highest BCUT2D eigenvalue weighted by Crippen LogP contribution is 2.47. The number of carbonyl (C=O) groups excluding carboxylic acids is 1. The van der Waals surface area contributed by atoms with E-state index in [9.17, 15) is 4.79 Å². The fourth-order valence-corrected chi connectivity index (χ4v) is 4.81. The fraction of sp³-hybridized carbons (Fsp3) is 0.391. The van der Waals surface area contributed by atoms with Crippen molar-refractivity contribution in [1.29, 1.82) is 0 Å². The average molecular weight is 406 g/mol. The molecule has 2 unspecified atom stereocenters. The number of hydrogen-bond acceptors (Lipinski definition) is 7. The summed E-state index contributed by atoms with van der Waals surface area (Å²) in [6.07, 6.45) is 3.51. The summed E-state index contributed by atoms with van der Waals surface area (Å²) in [5.74, 6) is 0.567. The molecular formula is C23H27N5O2. The van der Waals surface area contributed by atoms with E-state index < -0.39 is 0 Å². The van der Waals surface area contributed by atoms with Crippen LogP contribution in [0.4, 0.5) is 22.9 Å². The predicted octanol–water partition coefficient (Wildman–Crippen LogP) is 3.12. The lowest BCUT2D eigenvalue weighted by Crippen LogP contribution is -2.54. The van der Waals surface area contributed by atoms with Crippen LogP contribution in [0.2, 0.25) is 0 Å². The summed E-state index contributed by atoms with van der Waals surface area (Å²) in [6.45, 7) is 8.39. The van der Waals surface area contributed by atoms with Crippen LogP contribution in [-0.2, 0) is 9.53 Å². The van der Waals surface area contributed by atoms with Crippen molar-refractivity contribution in [3.05, 3.63) is 47.7 Å². The highest BCUT2D eigenvalue weighted by atomic mass is 16.5. The first-order chi connectivity index (χ1) is 14.6. The molecule has 1 aromatic heterocycles. The normalized spacial score (nSPS) is 24.4. The summed E-state index contributed by atoms with van der Waals surface area (Å²) < 4.78 is 5.40. The van der Waals surface area contributed by atoms with Gasteiger partial charge in [0.2, 0.25) is 0 Å². The summed E-state index contributed by atoms with van der Waals surface area (Å²) in [6, 6.07) is 10.9. The van der Waals surface area contributed by atoms with Crippen LogP contribution in [0.3, 0.4) is 0 Å². The largest absolute Gasteiger partial charge is 0.463 e. The van der Waals surface area contributed by atoms with E-state index in [2.05, 4.69) is 46.4 Å². The molecular weight excluding hydrogens is 378 g/mol. The van der Waals surface area contributed by atoms with Crippen molar-refractivity contribution >= 4 is 34.9 Å². The van der Waals surface area contributed by atoms with Gasteiger partial charge in [-0.1, -0.05) is 12.1 Å². The molecule has 156 valence electrons. The Morgan fingerprint density at radius 2 is 1.93 bits per heavy atom. The molecule has 0 bridgehead atoms. The van der Waals surface area contributed by atoms with Crippen molar-refractivity contribution in [3.8, 4) is 0 Å². The summed E-state index contributed by atoms with van der Waals surface area (Å²) in [5, 5.41) is 7.06. The van der Waals surface area contributed by atoms with Crippen LogP contribution in [-0.4, -0.2) is 48.9 Å². The Kier molecular flexibility index (Phi) is 4.62. The second-order valence-electron chi connectivity index (χ2n) is 8.20. The van der Waals surface area contributed by atoms with Crippen LogP contribution in [0, 0.1) is 0 Å². The number of nitrogens with one attached hydrogen (secondary N) is 2. The van der Waals surface area contributed by atoms with Crippen LogP contribution in [0.25, 0.3) is 6.08 Å². The Labute approximate surface area is 176 Å². The third-order valence-corrected chi connectivity index (χ3v) is 5.89. The van der Waals surface area contributed by atoms with Gasteiger partial charge >= 0.3 is 5.97 Å². The number of esters is 1. The number of fused-ring (bicyclic) bond motifs is 5. The summed E-state index contributed by atoms with van der Waals surface area (Å²) in [7, 11) is 0. The SMILES string of the molecule is CCOC(=O)C1=Cc2c(N3CC(C)N[C@H](C)C3)ccnc2N2c3ccccc3NC12. The van der Waals surface area contributed by atoms with E-state index >= 15 is 0 Å². The molecule has 5 rings (SSSR count). The molecule has 7 nitrogen and oxygen atoms in total. The molecule has 2 N–H and O–H groups in total. The maximum absolute atomic E-state index is 12.9. The van der Waals surface area contributed by atoms with Gasteiger partial charge in [0, 0.05) is 42.6 Å². The number of para-hydroxylation sites is 2. The molecule has 2 aromatic rings. The maximum Gasteiger partial charge on any atom is 0.338 e. The Morgan fingerprint density at radius 3 is 2.70 bits per heavy atom. The van der Waals surface area contributed by atoms with Gasteiger partial charge in [0.05, 0.1) is 23.6 Å². The third-order valence-electron chi connectivity index (χ3n) is 5.89. The lowest BCUT2D eigenvalue weighted by molar-refractivity contribution is -0.138.